The smallest absolute Gasteiger partial charge is 0.0643 e. The Kier molecular flexibility index (Phi) is 3.32. The van der Waals surface area contributed by atoms with Crippen LogP contribution in [0.4, 0.5) is 0 Å². The summed E-state index contributed by atoms with van der Waals surface area (Å²) in [6.07, 6.45) is 3.69. The average Bonchev–Trinajstić information content (AvgIpc) is 2.47. The first-order valence-corrected chi connectivity index (χ1v) is 7.26. The second-order valence-electron chi connectivity index (χ2n) is 5.11. The summed E-state index contributed by atoms with van der Waals surface area (Å²) in [5.74, 6) is 0. The SMILES string of the molecule is CC(N)(c1ccc(Br)cc1)c1cccc2ccncc12. The van der Waals surface area contributed by atoms with Crippen molar-refractivity contribution in [3.63, 3.8) is 0 Å². The predicted molar refractivity (Wildman–Crippen MR) is 86.5 cm³/mol. The van der Waals surface area contributed by atoms with Crippen LogP contribution in [0.15, 0.2) is 65.4 Å². The molecule has 100 valence electrons. The van der Waals surface area contributed by atoms with Gasteiger partial charge >= 0.3 is 0 Å². The Bertz CT molecular complexity index is 743. The van der Waals surface area contributed by atoms with Gasteiger partial charge in [-0.25, -0.2) is 0 Å². The minimum absolute atomic E-state index is 0.552. The highest BCUT2D eigenvalue weighted by molar-refractivity contribution is 9.10. The van der Waals surface area contributed by atoms with Crippen molar-refractivity contribution in [2.24, 2.45) is 5.73 Å². The molecule has 0 bridgehead atoms. The molecule has 1 atom stereocenters. The molecule has 3 aromatic rings. The number of halogens is 1. The molecule has 0 amide bonds. The van der Waals surface area contributed by atoms with E-state index >= 15 is 0 Å². The van der Waals surface area contributed by atoms with Crippen LogP contribution in [0.25, 0.3) is 10.8 Å². The fourth-order valence-corrected chi connectivity index (χ4v) is 2.78. The topological polar surface area (TPSA) is 38.9 Å². The summed E-state index contributed by atoms with van der Waals surface area (Å²) >= 11 is 3.46. The monoisotopic (exact) mass is 326 g/mol. The molecule has 3 rings (SSSR count). The Hall–Kier alpha value is -1.71. The first-order valence-electron chi connectivity index (χ1n) is 6.47. The molecular weight excluding hydrogens is 312 g/mol. The Morgan fingerprint density at radius 1 is 1.05 bits per heavy atom. The number of rotatable bonds is 2. The quantitative estimate of drug-likeness (QED) is 0.765. The molecule has 2 aromatic carbocycles. The van der Waals surface area contributed by atoms with Crippen LogP contribution >= 0.6 is 15.9 Å². The van der Waals surface area contributed by atoms with Crippen molar-refractivity contribution in [2.45, 2.75) is 12.5 Å². The van der Waals surface area contributed by atoms with Gasteiger partial charge < -0.3 is 5.73 Å². The highest BCUT2D eigenvalue weighted by atomic mass is 79.9. The first kappa shape index (κ1) is 13.3. The normalized spacial score (nSPS) is 14.2. The maximum Gasteiger partial charge on any atom is 0.0643 e. The highest BCUT2D eigenvalue weighted by Gasteiger charge is 2.25. The third kappa shape index (κ3) is 2.23. The minimum Gasteiger partial charge on any atom is -0.318 e. The fraction of sp³-hybridized carbons (Fsp3) is 0.118. The number of fused-ring (bicyclic) bond motifs is 1. The number of pyridine rings is 1. The summed E-state index contributed by atoms with van der Waals surface area (Å²) < 4.78 is 1.05. The van der Waals surface area contributed by atoms with Gasteiger partial charge in [0.15, 0.2) is 0 Å². The van der Waals surface area contributed by atoms with Crippen molar-refractivity contribution in [3.05, 3.63) is 76.5 Å². The van der Waals surface area contributed by atoms with E-state index in [2.05, 4.69) is 45.2 Å². The van der Waals surface area contributed by atoms with Gasteiger partial charge in [-0.1, -0.05) is 46.3 Å². The molecular formula is C17H15BrN2. The van der Waals surface area contributed by atoms with E-state index in [1.54, 1.807) is 6.20 Å². The average molecular weight is 327 g/mol. The van der Waals surface area contributed by atoms with E-state index in [1.807, 2.05) is 37.4 Å². The lowest BCUT2D eigenvalue weighted by molar-refractivity contribution is 0.608. The zero-order chi connectivity index (χ0) is 14.2. The van der Waals surface area contributed by atoms with E-state index in [-0.39, 0.29) is 0 Å². The van der Waals surface area contributed by atoms with Gasteiger partial charge in [0.05, 0.1) is 5.54 Å². The number of nitrogens with two attached hydrogens (primary N) is 1. The Labute approximate surface area is 126 Å². The third-order valence-electron chi connectivity index (χ3n) is 3.69. The van der Waals surface area contributed by atoms with Crippen LogP contribution in [0.2, 0.25) is 0 Å². The summed E-state index contributed by atoms with van der Waals surface area (Å²) in [6.45, 7) is 2.04. The number of hydrogen-bond acceptors (Lipinski definition) is 2. The molecule has 2 nitrogen and oxygen atoms in total. The molecule has 0 radical (unpaired) electrons. The lowest BCUT2D eigenvalue weighted by Crippen LogP contribution is -2.34. The largest absolute Gasteiger partial charge is 0.318 e. The van der Waals surface area contributed by atoms with Crippen LogP contribution in [0.1, 0.15) is 18.1 Å². The van der Waals surface area contributed by atoms with E-state index in [4.69, 9.17) is 5.73 Å². The van der Waals surface area contributed by atoms with Crippen LogP contribution < -0.4 is 5.73 Å². The third-order valence-corrected chi connectivity index (χ3v) is 4.22. The van der Waals surface area contributed by atoms with E-state index in [0.29, 0.717) is 0 Å². The highest BCUT2D eigenvalue weighted by Crippen LogP contribution is 2.32. The molecule has 20 heavy (non-hydrogen) atoms. The molecule has 3 heteroatoms. The molecule has 0 saturated carbocycles. The minimum atomic E-state index is -0.552. The number of aromatic nitrogens is 1. The van der Waals surface area contributed by atoms with Gasteiger partial charge in [-0.2, -0.15) is 0 Å². The van der Waals surface area contributed by atoms with Crippen molar-refractivity contribution in [1.29, 1.82) is 0 Å². The van der Waals surface area contributed by atoms with Gasteiger partial charge in [0, 0.05) is 22.3 Å². The Morgan fingerprint density at radius 3 is 2.55 bits per heavy atom. The van der Waals surface area contributed by atoms with Gasteiger partial charge in [0.1, 0.15) is 0 Å². The maximum atomic E-state index is 6.63. The summed E-state index contributed by atoms with van der Waals surface area (Å²) in [7, 11) is 0. The Morgan fingerprint density at radius 2 is 1.80 bits per heavy atom. The fourth-order valence-electron chi connectivity index (χ4n) is 2.52. The van der Waals surface area contributed by atoms with E-state index in [0.717, 1.165) is 26.4 Å². The van der Waals surface area contributed by atoms with Crippen LogP contribution in [0.3, 0.4) is 0 Å². The molecule has 2 N–H and O–H groups in total. The van der Waals surface area contributed by atoms with E-state index < -0.39 is 5.54 Å². The van der Waals surface area contributed by atoms with Crippen LogP contribution in [-0.2, 0) is 5.54 Å². The van der Waals surface area contributed by atoms with Crippen molar-refractivity contribution < 1.29 is 0 Å². The molecule has 0 saturated heterocycles. The van der Waals surface area contributed by atoms with E-state index in [1.165, 1.54) is 0 Å². The molecule has 0 aliphatic rings. The predicted octanol–water partition coefficient (Wildman–Crippen LogP) is 4.22. The molecule has 1 unspecified atom stereocenters. The number of benzene rings is 2. The standard InChI is InChI=1S/C17H15BrN2/c1-17(19,13-5-7-14(18)8-6-13)16-4-2-3-12-9-10-20-11-15(12)16/h2-11H,19H2,1H3. The maximum absolute atomic E-state index is 6.63. The van der Waals surface area contributed by atoms with Crippen molar-refractivity contribution >= 4 is 26.7 Å². The second kappa shape index (κ2) is 5.00. The lowest BCUT2D eigenvalue weighted by Gasteiger charge is -2.27. The summed E-state index contributed by atoms with van der Waals surface area (Å²) in [4.78, 5) is 4.23. The van der Waals surface area contributed by atoms with Crippen LogP contribution in [0.5, 0.6) is 0 Å². The van der Waals surface area contributed by atoms with Gasteiger partial charge in [-0.3, -0.25) is 4.98 Å². The number of nitrogens with zero attached hydrogens (tertiary/aromatic N) is 1. The zero-order valence-electron chi connectivity index (χ0n) is 11.2. The van der Waals surface area contributed by atoms with Gasteiger partial charge in [-0.15, -0.1) is 0 Å². The zero-order valence-corrected chi connectivity index (χ0v) is 12.8. The molecule has 0 fully saturated rings. The van der Waals surface area contributed by atoms with Crippen molar-refractivity contribution in [1.82, 2.24) is 4.98 Å². The molecule has 0 aliphatic carbocycles. The van der Waals surface area contributed by atoms with Crippen LogP contribution in [-0.4, -0.2) is 4.98 Å². The van der Waals surface area contributed by atoms with Crippen molar-refractivity contribution in [3.8, 4) is 0 Å². The molecule has 1 aromatic heterocycles. The summed E-state index contributed by atoms with van der Waals surface area (Å²) in [5, 5.41) is 2.26. The lowest BCUT2D eigenvalue weighted by atomic mass is 9.83. The Balaban J connectivity index is 2.20. The van der Waals surface area contributed by atoms with Crippen molar-refractivity contribution in [2.75, 3.05) is 0 Å². The molecule has 1 heterocycles. The summed E-state index contributed by atoms with van der Waals surface area (Å²) in [5.41, 5.74) is 8.25. The van der Waals surface area contributed by atoms with Gasteiger partial charge in [-0.05, 0) is 41.6 Å². The van der Waals surface area contributed by atoms with Gasteiger partial charge in [0.25, 0.3) is 0 Å². The second-order valence-corrected chi connectivity index (χ2v) is 6.03. The molecule has 0 spiro atoms. The first-order chi connectivity index (χ1) is 9.59. The summed E-state index contributed by atoms with van der Waals surface area (Å²) in [6, 6.07) is 16.4. The van der Waals surface area contributed by atoms with E-state index in [9.17, 15) is 0 Å². The van der Waals surface area contributed by atoms with Gasteiger partial charge in [0.2, 0.25) is 0 Å². The molecule has 0 aliphatic heterocycles. The number of hydrogen-bond donors (Lipinski definition) is 1. The van der Waals surface area contributed by atoms with Crippen LogP contribution in [0, 0.1) is 0 Å².